The van der Waals surface area contributed by atoms with E-state index in [0.29, 0.717) is 57.9 Å². The number of anilines is 1. The zero-order valence-corrected chi connectivity index (χ0v) is 25.2. The third-order valence-corrected chi connectivity index (χ3v) is 9.14. The van der Waals surface area contributed by atoms with Gasteiger partial charge in [-0.05, 0) is 81.8 Å². The molecular formula is C31H40Cl2N6O. The van der Waals surface area contributed by atoms with Crippen molar-refractivity contribution in [3.05, 3.63) is 68.7 Å². The van der Waals surface area contributed by atoms with E-state index in [1.54, 1.807) is 17.0 Å². The number of guanidine groups is 1. The van der Waals surface area contributed by atoms with Gasteiger partial charge in [-0.2, -0.15) is 0 Å². The van der Waals surface area contributed by atoms with Crippen LogP contribution in [0.4, 0.5) is 5.69 Å². The Morgan fingerprint density at radius 3 is 2.52 bits per heavy atom. The Labute approximate surface area is 247 Å². The minimum atomic E-state index is -0.0756. The molecule has 0 bridgehead atoms. The molecule has 2 aliphatic rings. The Hall–Kier alpha value is -2.61. The molecule has 1 aliphatic heterocycles. The van der Waals surface area contributed by atoms with Gasteiger partial charge in [-0.25, -0.2) is 4.98 Å². The minimum Gasteiger partial charge on any atom is -0.340 e. The van der Waals surface area contributed by atoms with E-state index in [-0.39, 0.29) is 11.6 Å². The lowest BCUT2D eigenvalue weighted by Crippen LogP contribution is -2.60. The van der Waals surface area contributed by atoms with E-state index in [9.17, 15) is 10.2 Å². The van der Waals surface area contributed by atoms with E-state index >= 15 is 0 Å². The molecule has 0 amide bonds. The van der Waals surface area contributed by atoms with Crippen molar-refractivity contribution in [1.82, 2.24) is 19.8 Å². The lowest BCUT2D eigenvalue weighted by atomic mass is 9.83. The van der Waals surface area contributed by atoms with Gasteiger partial charge in [0.05, 0.1) is 17.2 Å². The van der Waals surface area contributed by atoms with Crippen LogP contribution in [0.25, 0.3) is 10.9 Å². The highest BCUT2D eigenvalue weighted by molar-refractivity contribution is 6.35. The molecule has 5 rings (SSSR count). The van der Waals surface area contributed by atoms with E-state index in [2.05, 4.69) is 40.9 Å². The second kappa shape index (κ2) is 12.5. The van der Waals surface area contributed by atoms with Crippen LogP contribution in [-0.2, 0) is 13.0 Å². The van der Waals surface area contributed by atoms with Crippen LogP contribution in [0.5, 0.6) is 0 Å². The zero-order valence-electron chi connectivity index (χ0n) is 23.7. The fourth-order valence-corrected chi connectivity index (χ4v) is 6.95. The van der Waals surface area contributed by atoms with Gasteiger partial charge in [0.2, 0.25) is 0 Å². The summed E-state index contributed by atoms with van der Waals surface area (Å²) in [5, 5.41) is 14.7. The number of nitrogens with one attached hydrogen (secondary N) is 2. The van der Waals surface area contributed by atoms with Gasteiger partial charge >= 0.3 is 0 Å². The van der Waals surface area contributed by atoms with Crippen LogP contribution < -0.4 is 15.8 Å². The number of nitrogens with zero attached hydrogens (tertiary/aromatic N) is 4. The summed E-state index contributed by atoms with van der Waals surface area (Å²) in [5.41, 5.74) is 2.44. The largest absolute Gasteiger partial charge is 0.340 e. The van der Waals surface area contributed by atoms with Gasteiger partial charge < -0.3 is 15.1 Å². The molecular weight excluding hydrogens is 543 g/mol. The topological polar surface area (TPSA) is 77.2 Å². The van der Waals surface area contributed by atoms with Crippen molar-refractivity contribution in [2.45, 2.75) is 84.0 Å². The minimum absolute atomic E-state index is 0.0756. The molecule has 214 valence electrons. The van der Waals surface area contributed by atoms with Crippen molar-refractivity contribution >= 4 is 45.8 Å². The molecule has 2 aromatic carbocycles. The summed E-state index contributed by atoms with van der Waals surface area (Å²) in [6.45, 7) is 8.68. The van der Waals surface area contributed by atoms with Crippen molar-refractivity contribution in [2.24, 2.45) is 5.92 Å². The molecule has 1 saturated carbocycles. The molecule has 1 saturated heterocycles. The summed E-state index contributed by atoms with van der Waals surface area (Å²) >= 11 is 12.4. The maximum Gasteiger partial charge on any atom is 0.261 e. The highest BCUT2D eigenvalue weighted by atomic mass is 35.5. The molecule has 9 heteroatoms. The van der Waals surface area contributed by atoms with Gasteiger partial charge in [-0.1, -0.05) is 48.5 Å². The summed E-state index contributed by atoms with van der Waals surface area (Å²) in [6, 6.07) is 12.1. The van der Waals surface area contributed by atoms with Crippen LogP contribution in [0.3, 0.4) is 0 Å². The first-order valence-corrected chi connectivity index (χ1v) is 15.3. The highest BCUT2D eigenvalue weighted by Gasteiger charge is 2.33. The summed E-state index contributed by atoms with van der Waals surface area (Å²) < 4.78 is 1.64. The van der Waals surface area contributed by atoms with Crippen molar-refractivity contribution in [2.75, 3.05) is 18.0 Å². The molecule has 2 N–H and O–H groups in total. The Balaban J connectivity index is 1.44. The summed E-state index contributed by atoms with van der Waals surface area (Å²) in [7, 11) is 0. The standard InChI is InChI=1S/C31H40Cl2N6O/c1-20-17-38(18-21(2)36-20)31(34)39(22(3)23-7-5-4-6-8-23)26-11-12-27-29(16-26)35-19-37(30(27)40)14-13-24-9-10-25(32)15-28(24)33/h9-12,15-16,19-23,34,36H,4-8,13-14,17-18H2,1-3H3/t20-,21+,22-/m0/s1. The Bertz CT molecular complexity index is 1410. The van der Waals surface area contributed by atoms with E-state index in [4.69, 9.17) is 23.2 Å². The Morgan fingerprint density at radius 1 is 1.10 bits per heavy atom. The van der Waals surface area contributed by atoms with Crippen LogP contribution >= 0.6 is 23.2 Å². The molecule has 7 nitrogen and oxygen atoms in total. The normalized spacial score (nSPS) is 21.0. The lowest BCUT2D eigenvalue weighted by Gasteiger charge is -2.44. The first kappa shape index (κ1) is 28.9. The first-order valence-electron chi connectivity index (χ1n) is 14.5. The molecule has 0 spiro atoms. The molecule has 1 aromatic heterocycles. The SMILES string of the molecule is C[C@@H]1CN(C(=N)N(c2ccc3c(=O)n(CCc4ccc(Cl)cc4Cl)cnc3c2)[C@@H](C)C2CCCCC2)C[C@H](C)N1. The number of aromatic nitrogens is 2. The van der Waals surface area contributed by atoms with Gasteiger partial charge in [0, 0.05) is 53.5 Å². The van der Waals surface area contributed by atoms with Crippen LogP contribution in [0.1, 0.15) is 58.4 Å². The third kappa shape index (κ3) is 6.32. The summed E-state index contributed by atoms with van der Waals surface area (Å²) in [5.74, 6) is 1.06. The smallest absolute Gasteiger partial charge is 0.261 e. The van der Waals surface area contributed by atoms with Gasteiger partial charge in [-0.3, -0.25) is 14.8 Å². The molecule has 0 radical (unpaired) electrons. The second-order valence-corrected chi connectivity index (χ2v) is 12.5. The van der Waals surface area contributed by atoms with Gasteiger partial charge in [0.25, 0.3) is 5.56 Å². The van der Waals surface area contributed by atoms with Crippen LogP contribution in [-0.4, -0.2) is 51.6 Å². The number of aryl methyl sites for hydroxylation is 2. The Kier molecular flexibility index (Phi) is 9.03. The summed E-state index contributed by atoms with van der Waals surface area (Å²) in [6.07, 6.45) is 8.39. The molecule has 40 heavy (non-hydrogen) atoms. The number of rotatable bonds is 6. The van der Waals surface area contributed by atoms with Crippen molar-refractivity contribution in [1.29, 1.82) is 5.41 Å². The quantitative estimate of drug-likeness (QED) is 0.262. The second-order valence-electron chi connectivity index (χ2n) is 11.6. The number of piperazine rings is 1. The fourth-order valence-electron chi connectivity index (χ4n) is 6.45. The number of hydrogen-bond donors (Lipinski definition) is 2. The monoisotopic (exact) mass is 582 g/mol. The summed E-state index contributed by atoms with van der Waals surface area (Å²) in [4.78, 5) is 22.5. The van der Waals surface area contributed by atoms with Crippen molar-refractivity contribution in [3.8, 4) is 0 Å². The van der Waals surface area contributed by atoms with Crippen LogP contribution in [0.2, 0.25) is 10.0 Å². The van der Waals surface area contributed by atoms with E-state index in [1.807, 2.05) is 30.3 Å². The van der Waals surface area contributed by atoms with Gasteiger partial charge in [0.1, 0.15) is 0 Å². The van der Waals surface area contributed by atoms with Crippen LogP contribution in [0.15, 0.2) is 47.5 Å². The lowest BCUT2D eigenvalue weighted by molar-refractivity contribution is 0.245. The van der Waals surface area contributed by atoms with Gasteiger partial charge in [-0.15, -0.1) is 0 Å². The maximum absolute atomic E-state index is 13.4. The number of benzene rings is 2. The highest BCUT2D eigenvalue weighted by Crippen LogP contribution is 2.33. The van der Waals surface area contributed by atoms with E-state index in [0.717, 1.165) is 24.3 Å². The average Bonchev–Trinajstić information content (AvgIpc) is 2.93. The molecule has 2 fully saturated rings. The number of hydrogen-bond acceptors (Lipinski definition) is 4. The molecule has 3 atom stereocenters. The van der Waals surface area contributed by atoms with Gasteiger partial charge in [0.15, 0.2) is 5.96 Å². The van der Waals surface area contributed by atoms with Crippen molar-refractivity contribution in [3.63, 3.8) is 0 Å². The average molecular weight is 584 g/mol. The molecule has 1 aliphatic carbocycles. The molecule has 0 unspecified atom stereocenters. The van der Waals surface area contributed by atoms with Crippen LogP contribution in [0, 0.1) is 11.3 Å². The molecule has 2 heterocycles. The van der Waals surface area contributed by atoms with Crippen molar-refractivity contribution < 1.29 is 0 Å². The maximum atomic E-state index is 13.4. The predicted octanol–water partition coefficient (Wildman–Crippen LogP) is 6.34. The predicted molar refractivity (Wildman–Crippen MR) is 166 cm³/mol. The Morgan fingerprint density at radius 2 is 1.82 bits per heavy atom. The third-order valence-electron chi connectivity index (χ3n) is 8.55. The van der Waals surface area contributed by atoms with E-state index < -0.39 is 0 Å². The zero-order chi connectivity index (χ0) is 28.4. The fraction of sp³-hybridized carbons (Fsp3) is 0.516. The first-order chi connectivity index (χ1) is 19.2. The number of fused-ring (bicyclic) bond motifs is 1. The molecule has 3 aromatic rings. The number of halogens is 2. The van der Waals surface area contributed by atoms with E-state index in [1.165, 1.54) is 32.1 Å².